The van der Waals surface area contributed by atoms with Crippen LogP contribution in [0.25, 0.3) is 28.4 Å². The summed E-state index contributed by atoms with van der Waals surface area (Å²) in [7, 11) is 8.12. The highest BCUT2D eigenvalue weighted by Gasteiger charge is 2.19. The number of aromatic nitrogens is 20. The quantitative estimate of drug-likeness (QED) is 0.0251. The summed E-state index contributed by atoms with van der Waals surface area (Å²) in [5, 5.41) is 51.0. The van der Waals surface area contributed by atoms with Gasteiger partial charge in [-0.3, -0.25) is 0 Å². The van der Waals surface area contributed by atoms with Crippen molar-refractivity contribution in [3.63, 3.8) is 0 Å². The van der Waals surface area contributed by atoms with Gasteiger partial charge in [0, 0.05) is 149 Å². The number of hydrogen-bond donors (Lipinski definition) is 7. The number of aliphatic hydroxyl groups excluding tert-OH is 1. The molecule has 18 rings (SSSR count). The maximum absolute atomic E-state index is 9.02. The fourth-order valence-electron chi connectivity index (χ4n) is 14.1. The first kappa shape index (κ1) is 85.9. The first-order valence-corrected chi connectivity index (χ1v) is 42.5. The SMILES string of the molecule is CN(C)CCCN(C)c1cc(-n2cnc(Nc3ccccc3)n2)ccn1.CN(CCO)c1cc(-n2cnc(Nc3ccccc3)n2)ccn1.c1ccc(Nc2ncn(-c3ccnc(N4CCCCC4)c3)n2)cc1.c1ccc(Nc2ncn(-c3ccnc(N4CCCCCCC4)c3)n2)cc1.c1ccc(Nc2ncn(-c3ccnc(NC4CCCCC4)c3)n2)cc1. The van der Waals surface area contributed by atoms with Gasteiger partial charge in [0.15, 0.2) is 0 Å². The highest BCUT2D eigenvalue weighted by atomic mass is 16.3. The summed E-state index contributed by atoms with van der Waals surface area (Å²) < 4.78 is 8.77. The van der Waals surface area contributed by atoms with Crippen LogP contribution in [-0.2, 0) is 0 Å². The zero-order valence-corrected chi connectivity index (χ0v) is 70.7. The van der Waals surface area contributed by atoms with Crippen LogP contribution in [0.3, 0.4) is 0 Å². The van der Waals surface area contributed by atoms with Gasteiger partial charge in [-0.25, -0.2) is 48.3 Å². The van der Waals surface area contributed by atoms with Crippen LogP contribution in [0.15, 0.2) is 275 Å². The molecule has 0 unspecified atom stereocenters. The molecule has 0 bridgehead atoms. The number of pyridine rings is 5. The third-order valence-corrected chi connectivity index (χ3v) is 20.7. The number of nitrogens with one attached hydrogen (secondary N) is 6. The molecule has 0 radical (unpaired) electrons. The van der Waals surface area contributed by atoms with Crippen LogP contribution in [0.1, 0.15) is 89.9 Å². The predicted octanol–water partition coefficient (Wildman–Crippen LogP) is 16.4. The Hall–Kier alpha value is -14.5. The molecule has 5 aromatic carbocycles. The van der Waals surface area contributed by atoms with Gasteiger partial charge in [0.05, 0.1) is 35.0 Å². The molecule has 2 saturated heterocycles. The lowest BCUT2D eigenvalue weighted by molar-refractivity contribution is 0.304. The largest absolute Gasteiger partial charge is 0.395 e. The van der Waals surface area contributed by atoms with E-state index in [4.69, 9.17) is 5.11 Å². The third kappa shape index (κ3) is 26.2. The fraction of sp³-hybridized carbons (Fsp3) is 0.293. The van der Waals surface area contributed by atoms with E-state index in [0.29, 0.717) is 42.3 Å². The van der Waals surface area contributed by atoms with Crippen LogP contribution in [-0.4, -0.2) is 195 Å². The second kappa shape index (κ2) is 45.2. The van der Waals surface area contributed by atoms with Crippen molar-refractivity contribution in [3.8, 4) is 28.4 Å². The second-order valence-corrected chi connectivity index (χ2v) is 30.4. The molecule has 1 aliphatic carbocycles. The van der Waals surface area contributed by atoms with Crippen LogP contribution < -0.4 is 51.5 Å². The first-order chi connectivity index (χ1) is 61.0. The second-order valence-electron chi connectivity index (χ2n) is 30.4. The molecule has 12 heterocycles. The van der Waals surface area contributed by atoms with E-state index in [9.17, 15) is 0 Å². The van der Waals surface area contributed by atoms with Crippen molar-refractivity contribution < 1.29 is 5.11 Å². The standard InChI is InChI=1S/C20H24N6.C19H25N7.C19H22N6.C18H20N6.C16H18N6O/c1-2-7-13-25(14-8-3-1)19-15-18(11-12-21-19)26-16-22-20(24-26)23-17-9-5-4-6-10-17;1-24(2)12-7-13-25(3)18-14-17(10-11-20-18)26-15-21-19(23-26)22-16-8-5-4-6-9-16;1-3-7-15(8-4-1)22-18-13-17(11-12-20-18)25-14-21-19(24-25)23-16-9-5-2-6-10-16;1-3-7-15(8-4-1)21-18-20-14-24(22-18)16-9-10-19-17(13-16)23-11-5-2-6-12-23;1-21(9-10-23)15-11-14(7-8-17-15)22-12-18-16(20-22)19-13-5-3-2-4-6-13/h4-6,9-12,15-16H,1-3,7-8,13-14H2,(H,23,24);4-6,8-11,14-15H,7,12-13H2,1-3H3,(H,22,23);2,5-6,9-15H,1,3-4,7-8H2,(H,20,22)(H,23,24);1,3-4,7-10,13-14H,2,5-6,11-12H2,(H,21,22);2-8,11-12,23H,9-10H2,1H3,(H,19,20). The Balaban J connectivity index is 0.000000126. The topological polar surface area (TPSA) is 327 Å². The van der Waals surface area contributed by atoms with Crippen LogP contribution in [0, 0.1) is 0 Å². The monoisotopic (exact) mass is 1660 g/mol. The molecule has 0 atom stereocenters. The van der Waals surface area contributed by atoms with Gasteiger partial charge in [-0.15, -0.1) is 25.5 Å². The minimum Gasteiger partial charge on any atom is -0.395 e. The Bertz CT molecular complexity index is 5590. The normalized spacial score (nSPS) is 13.3. The number of para-hydroxylation sites is 5. The molecule has 124 heavy (non-hydrogen) atoms. The smallest absolute Gasteiger partial charge is 0.246 e. The van der Waals surface area contributed by atoms with Crippen LogP contribution in [0.2, 0.25) is 0 Å². The van der Waals surface area contributed by atoms with E-state index in [0.717, 1.165) is 132 Å². The lowest BCUT2D eigenvalue weighted by Gasteiger charge is -2.27. The Morgan fingerprint density at radius 3 is 0.960 bits per heavy atom. The van der Waals surface area contributed by atoms with Crippen LogP contribution >= 0.6 is 0 Å². The third-order valence-electron chi connectivity index (χ3n) is 20.7. The lowest BCUT2D eigenvalue weighted by Crippen LogP contribution is -2.30. The van der Waals surface area contributed by atoms with Crippen molar-refractivity contribution in [3.05, 3.63) is 275 Å². The maximum atomic E-state index is 9.02. The molecule has 0 amide bonds. The molecular formula is C92H109N31O. The Morgan fingerprint density at radius 2 is 0.613 bits per heavy atom. The van der Waals surface area contributed by atoms with Crippen molar-refractivity contribution in [2.24, 2.45) is 0 Å². The van der Waals surface area contributed by atoms with E-state index < -0.39 is 0 Å². The van der Waals surface area contributed by atoms with Gasteiger partial charge in [-0.2, -0.15) is 24.9 Å². The summed E-state index contributed by atoms with van der Waals surface area (Å²) in [6.07, 6.45) is 35.3. The minimum absolute atomic E-state index is 0.0802. The van der Waals surface area contributed by atoms with Gasteiger partial charge in [-0.1, -0.05) is 130 Å². The Morgan fingerprint density at radius 1 is 0.315 bits per heavy atom. The van der Waals surface area contributed by atoms with Crippen molar-refractivity contribution in [1.82, 2.24) is 104 Å². The highest BCUT2D eigenvalue weighted by Crippen LogP contribution is 2.27. The number of rotatable bonds is 27. The minimum atomic E-state index is 0.0802. The highest BCUT2D eigenvalue weighted by molar-refractivity contribution is 5.59. The fourth-order valence-corrected chi connectivity index (χ4v) is 14.1. The van der Waals surface area contributed by atoms with Gasteiger partial charge in [0.2, 0.25) is 29.7 Å². The molecule has 10 aromatic heterocycles. The molecule has 2 aliphatic heterocycles. The van der Waals surface area contributed by atoms with Crippen LogP contribution in [0.4, 0.5) is 87.3 Å². The molecule has 7 N–H and O–H groups in total. The van der Waals surface area contributed by atoms with Crippen LogP contribution in [0.5, 0.6) is 0 Å². The number of likely N-dealkylation sites (N-methyl/N-ethyl adjacent to an activating group) is 1. The first-order valence-electron chi connectivity index (χ1n) is 42.5. The predicted molar refractivity (Wildman–Crippen MR) is 493 cm³/mol. The van der Waals surface area contributed by atoms with E-state index in [1.54, 1.807) is 67.4 Å². The number of hydrogen-bond acceptors (Lipinski definition) is 27. The summed E-state index contributed by atoms with van der Waals surface area (Å²) in [6.45, 7) is 6.92. The number of anilines is 15. The average molecular weight is 1670 g/mol. The van der Waals surface area contributed by atoms with Gasteiger partial charge in [0.25, 0.3) is 0 Å². The van der Waals surface area contributed by atoms with Crippen molar-refractivity contribution in [1.29, 1.82) is 0 Å². The van der Waals surface area contributed by atoms with E-state index in [2.05, 4.69) is 160 Å². The number of piperidine rings is 1. The molecule has 638 valence electrons. The number of nitrogens with zero attached hydrogens (tertiary/aromatic N) is 25. The molecule has 3 aliphatic rings. The van der Waals surface area contributed by atoms with E-state index in [1.165, 1.54) is 83.5 Å². The summed E-state index contributed by atoms with van der Waals surface area (Å²) in [6, 6.07) is 69.7. The maximum Gasteiger partial charge on any atom is 0.246 e. The summed E-state index contributed by atoms with van der Waals surface area (Å²) in [5.41, 5.74) is 9.49. The molecule has 15 aromatic rings. The van der Waals surface area contributed by atoms with E-state index in [1.807, 2.05) is 231 Å². The molecule has 32 nitrogen and oxygen atoms in total. The summed E-state index contributed by atoms with van der Waals surface area (Å²) in [4.78, 5) is 54.9. The zero-order valence-electron chi connectivity index (χ0n) is 70.7. The Kier molecular flexibility index (Phi) is 31.3. The molecule has 1 saturated carbocycles. The molecule has 3 fully saturated rings. The summed E-state index contributed by atoms with van der Waals surface area (Å²) >= 11 is 0. The molecule has 0 spiro atoms. The average Bonchev–Trinajstić information content (AvgIpc) is 1.77. The molecular weight excluding hydrogens is 1560 g/mol. The summed E-state index contributed by atoms with van der Waals surface area (Å²) in [5.74, 6) is 7.46. The van der Waals surface area contributed by atoms with E-state index in [-0.39, 0.29) is 6.61 Å². The van der Waals surface area contributed by atoms with Crippen molar-refractivity contribution >= 4 is 87.3 Å². The van der Waals surface area contributed by atoms with E-state index >= 15 is 0 Å². The van der Waals surface area contributed by atoms with Gasteiger partial charge >= 0.3 is 0 Å². The molecule has 32 heteroatoms. The van der Waals surface area contributed by atoms with Gasteiger partial charge in [-0.05, 0) is 163 Å². The Labute approximate surface area is 723 Å². The van der Waals surface area contributed by atoms with Crippen molar-refractivity contribution in [2.75, 3.05) is 132 Å². The lowest BCUT2D eigenvalue weighted by atomic mass is 9.95. The van der Waals surface area contributed by atoms with Gasteiger partial charge in [0.1, 0.15) is 60.7 Å². The van der Waals surface area contributed by atoms with Gasteiger partial charge < -0.3 is 61.5 Å². The number of benzene rings is 5. The van der Waals surface area contributed by atoms with Crippen molar-refractivity contribution in [2.45, 2.75) is 95.9 Å². The zero-order chi connectivity index (χ0) is 85.1. The number of aliphatic hydroxyl groups is 1.